The van der Waals surface area contributed by atoms with Crippen LogP contribution in [0.15, 0.2) is 18.5 Å². The van der Waals surface area contributed by atoms with E-state index in [1.165, 1.54) is 6.20 Å². The van der Waals surface area contributed by atoms with Crippen molar-refractivity contribution in [2.45, 2.75) is 63.2 Å². The number of halogens is 4. The Morgan fingerprint density at radius 3 is 2.61 bits per heavy atom. The second kappa shape index (κ2) is 7.36. The summed E-state index contributed by atoms with van der Waals surface area (Å²) in [4.78, 5) is 8.36. The molecule has 0 aliphatic heterocycles. The van der Waals surface area contributed by atoms with Crippen molar-refractivity contribution in [2.24, 2.45) is 17.8 Å². The lowest BCUT2D eigenvalue weighted by molar-refractivity contribution is -0.274. The third-order valence-corrected chi connectivity index (χ3v) is 6.78. The number of alkyl halides is 4. The highest BCUT2D eigenvalue weighted by Crippen LogP contribution is 2.50. The number of aromatic nitrogens is 3. The average molecular weight is 440 g/mol. The first-order valence-electron chi connectivity index (χ1n) is 10.6. The van der Waals surface area contributed by atoms with Crippen LogP contribution in [-0.4, -0.2) is 32.2 Å². The molecule has 4 aliphatic rings. The maximum atomic E-state index is 14.7. The van der Waals surface area contributed by atoms with Gasteiger partial charge in [-0.3, -0.25) is 0 Å². The Morgan fingerprint density at radius 1 is 1.19 bits per heavy atom. The predicted molar refractivity (Wildman–Crippen MR) is 104 cm³/mol. The van der Waals surface area contributed by atoms with Gasteiger partial charge in [0.1, 0.15) is 18.1 Å². The lowest BCUT2D eigenvalue weighted by Crippen LogP contribution is -2.27. The third kappa shape index (κ3) is 4.09. The van der Waals surface area contributed by atoms with Crippen molar-refractivity contribution >= 4 is 5.82 Å². The van der Waals surface area contributed by atoms with E-state index in [0.29, 0.717) is 23.9 Å². The van der Waals surface area contributed by atoms with E-state index in [1.807, 2.05) is 4.57 Å². The Labute approximate surface area is 176 Å². The molecule has 4 fully saturated rings. The SMILES string of the molecule is Nc1ncc(-c2cn(C3CC4CC(C4)C(F)C3)c([C@H](O)C3CC3)n2)cc1OC(F)(F)F. The van der Waals surface area contributed by atoms with Gasteiger partial charge >= 0.3 is 6.36 Å². The number of hydrogen-bond donors (Lipinski definition) is 2. The van der Waals surface area contributed by atoms with Crippen molar-refractivity contribution in [2.75, 3.05) is 5.73 Å². The fourth-order valence-electron chi connectivity index (χ4n) is 4.92. The highest BCUT2D eigenvalue weighted by atomic mass is 19.4. The number of imidazole rings is 1. The van der Waals surface area contributed by atoms with E-state index < -0.39 is 24.4 Å². The summed E-state index contributed by atoms with van der Waals surface area (Å²) in [7, 11) is 0. The van der Waals surface area contributed by atoms with Crippen LogP contribution in [0.2, 0.25) is 0 Å². The zero-order valence-electron chi connectivity index (χ0n) is 16.7. The third-order valence-electron chi connectivity index (χ3n) is 6.78. The van der Waals surface area contributed by atoms with Gasteiger partial charge in [-0.1, -0.05) is 0 Å². The number of nitrogen functional groups attached to an aromatic ring is 1. The largest absolute Gasteiger partial charge is 0.573 e. The highest BCUT2D eigenvalue weighted by Gasteiger charge is 2.43. The van der Waals surface area contributed by atoms with E-state index in [1.54, 1.807) is 6.20 Å². The zero-order chi connectivity index (χ0) is 21.9. The average Bonchev–Trinajstić information content (AvgIpc) is 3.45. The molecule has 2 aromatic rings. The van der Waals surface area contributed by atoms with Gasteiger partial charge in [-0.05, 0) is 62.3 Å². The first-order valence-corrected chi connectivity index (χ1v) is 10.6. The molecule has 31 heavy (non-hydrogen) atoms. The molecule has 6 rings (SSSR count). The van der Waals surface area contributed by atoms with Crippen LogP contribution in [0.3, 0.4) is 0 Å². The van der Waals surface area contributed by atoms with E-state index in [4.69, 9.17) is 5.73 Å². The number of ether oxygens (including phenoxy) is 1. The quantitative estimate of drug-likeness (QED) is 0.666. The molecule has 0 aromatic carbocycles. The maximum Gasteiger partial charge on any atom is 0.573 e. The zero-order valence-corrected chi connectivity index (χ0v) is 16.7. The molecule has 2 heterocycles. The predicted octanol–water partition coefficient (Wildman–Crippen LogP) is 4.57. The summed E-state index contributed by atoms with van der Waals surface area (Å²) >= 11 is 0. The summed E-state index contributed by atoms with van der Waals surface area (Å²) in [5.74, 6) is 0.105. The fourth-order valence-corrected chi connectivity index (χ4v) is 4.92. The van der Waals surface area contributed by atoms with Gasteiger partial charge in [0.05, 0.1) is 5.69 Å². The minimum atomic E-state index is -4.90. The number of fused-ring (bicyclic) bond motifs is 3. The number of anilines is 1. The Kier molecular flexibility index (Phi) is 4.87. The molecule has 168 valence electrons. The van der Waals surface area contributed by atoms with Crippen molar-refractivity contribution in [3.63, 3.8) is 0 Å². The van der Waals surface area contributed by atoms with E-state index in [9.17, 15) is 22.7 Å². The lowest BCUT2D eigenvalue weighted by atomic mass is 9.73. The summed E-state index contributed by atoms with van der Waals surface area (Å²) in [5, 5.41) is 10.8. The van der Waals surface area contributed by atoms with Crippen LogP contribution < -0.4 is 10.5 Å². The van der Waals surface area contributed by atoms with Gasteiger partial charge < -0.3 is 20.1 Å². The summed E-state index contributed by atoms with van der Waals surface area (Å²) in [6.07, 6.45) is 1.12. The van der Waals surface area contributed by atoms with Crippen LogP contribution in [0.1, 0.15) is 56.5 Å². The molecule has 3 atom stereocenters. The molecule has 2 aromatic heterocycles. The normalized spacial score (nSPS) is 29.2. The van der Waals surface area contributed by atoms with E-state index in [0.717, 1.165) is 38.2 Å². The van der Waals surface area contributed by atoms with Crippen molar-refractivity contribution < 1.29 is 27.4 Å². The molecule has 0 saturated heterocycles. The van der Waals surface area contributed by atoms with Crippen molar-refractivity contribution in [3.05, 3.63) is 24.3 Å². The van der Waals surface area contributed by atoms with Crippen LogP contribution in [0.4, 0.5) is 23.4 Å². The molecule has 2 bridgehead atoms. The van der Waals surface area contributed by atoms with E-state index >= 15 is 0 Å². The Hall–Kier alpha value is -2.36. The van der Waals surface area contributed by atoms with Gasteiger partial charge in [0.2, 0.25) is 0 Å². The van der Waals surface area contributed by atoms with Crippen LogP contribution >= 0.6 is 0 Å². The second-order valence-electron chi connectivity index (χ2n) is 9.07. The smallest absolute Gasteiger partial charge is 0.402 e. The molecule has 6 nitrogen and oxygen atoms in total. The van der Waals surface area contributed by atoms with Gasteiger partial charge in [0.25, 0.3) is 0 Å². The molecule has 0 radical (unpaired) electrons. The summed E-state index contributed by atoms with van der Waals surface area (Å²) < 4.78 is 58.5. The number of rotatable bonds is 5. The molecule has 0 spiro atoms. The minimum Gasteiger partial charge on any atom is -0.402 e. The lowest BCUT2D eigenvalue weighted by Gasteiger charge is -2.33. The number of aliphatic hydroxyl groups excluding tert-OH is 1. The van der Waals surface area contributed by atoms with E-state index in [-0.39, 0.29) is 29.3 Å². The summed E-state index contributed by atoms with van der Waals surface area (Å²) in [5.41, 5.74) is 6.16. The van der Waals surface area contributed by atoms with Gasteiger partial charge in [0.15, 0.2) is 11.6 Å². The second-order valence-corrected chi connectivity index (χ2v) is 9.07. The molecular weight excluding hydrogens is 416 g/mol. The number of nitrogens with two attached hydrogens (primary N) is 1. The monoisotopic (exact) mass is 440 g/mol. The van der Waals surface area contributed by atoms with Gasteiger partial charge in [-0.15, -0.1) is 13.2 Å². The fraction of sp³-hybridized carbons (Fsp3) is 0.619. The highest BCUT2D eigenvalue weighted by molar-refractivity contribution is 5.64. The van der Waals surface area contributed by atoms with Crippen LogP contribution in [0.5, 0.6) is 5.75 Å². The Bertz CT molecular complexity index is 969. The molecule has 10 heteroatoms. The Morgan fingerprint density at radius 2 is 1.94 bits per heavy atom. The standard InChI is InChI=1S/C21H24F4N4O2/c22-15-7-14(5-10-3-12(15)4-10)29-9-16(28-20(29)18(30)11-1-2-11)13-6-17(19(26)27-8-13)31-21(23,24)25/h6,8-12,14-15,18,30H,1-5,7H2,(H2,26,27)/t10?,12?,14?,15?,18-/m1/s1. The molecule has 4 aliphatic carbocycles. The van der Waals surface area contributed by atoms with Crippen LogP contribution in [0.25, 0.3) is 11.3 Å². The molecule has 4 saturated carbocycles. The molecule has 2 unspecified atom stereocenters. The summed E-state index contributed by atoms with van der Waals surface area (Å²) in [6, 6.07) is 0.988. The molecule has 3 N–H and O–H groups in total. The first kappa shape index (κ1) is 20.5. The minimum absolute atomic E-state index is 0.100. The van der Waals surface area contributed by atoms with Gasteiger partial charge in [0, 0.05) is 24.0 Å². The van der Waals surface area contributed by atoms with Gasteiger partial charge in [-0.25, -0.2) is 14.4 Å². The maximum absolute atomic E-state index is 14.7. The van der Waals surface area contributed by atoms with Gasteiger partial charge in [-0.2, -0.15) is 0 Å². The van der Waals surface area contributed by atoms with E-state index in [2.05, 4.69) is 14.7 Å². The topological polar surface area (TPSA) is 86.2 Å². The molecule has 0 amide bonds. The van der Waals surface area contributed by atoms with Crippen molar-refractivity contribution in [3.8, 4) is 17.0 Å². The first-order chi connectivity index (χ1) is 14.7. The Balaban J connectivity index is 1.51. The van der Waals surface area contributed by atoms with Crippen LogP contribution in [0, 0.1) is 17.8 Å². The number of hydrogen-bond acceptors (Lipinski definition) is 5. The number of aliphatic hydroxyl groups is 1. The summed E-state index contributed by atoms with van der Waals surface area (Å²) in [6.45, 7) is 0. The van der Waals surface area contributed by atoms with Crippen molar-refractivity contribution in [1.29, 1.82) is 0 Å². The van der Waals surface area contributed by atoms with Crippen LogP contribution in [-0.2, 0) is 0 Å². The number of pyridine rings is 1. The van der Waals surface area contributed by atoms with Crippen molar-refractivity contribution in [1.82, 2.24) is 14.5 Å². The number of nitrogens with zero attached hydrogens (tertiary/aromatic N) is 3. The molecular formula is C21H24F4N4O2.